The predicted octanol–water partition coefficient (Wildman–Crippen LogP) is 2.37. The van der Waals surface area contributed by atoms with Crippen molar-refractivity contribution in [3.63, 3.8) is 0 Å². The SMILES string of the molecule is CC(C)O[C@H]1CN(C(=O)COc2ccc(Cl)cc2Cl)C[C@@H]1O. The molecule has 1 aromatic carbocycles. The smallest absolute Gasteiger partial charge is 0.260 e. The van der Waals surface area contributed by atoms with E-state index < -0.39 is 6.10 Å². The molecule has 0 unspecified atom stereocenters. The summed E-state index contributed by atoms with van der Waals surface area (Å²) in [6.07, 6.45) is -1.03. The van der Waals surface area contributed by atoms with Crippen LogP contribution in [0.3, 0.4) is 0 Å². The van der Waals surface area contributed by atoms with Crippen molar-refractivity contribution < 1.29 is 19.4 Å². The number of ether oxygens (including phenoxy) is 2. The fourth-order valence-corrected chi connectivity index (χ4v) is 2.73. The molecule has 22 heavy (non-hydrogen) atoms. The molecule has 1 aromatic rings. The van der Waals surface area contributed by atoms with Crippen LogP contribution >= 0.6 is 23.2 Å². The Bertz CT molecular complexity index is 538. The molecule has 122 valence electrons. The Balaban J connectivity index is 1.88. The van der Waals surface area contributed by atoms with E-state index in [0.29, 0.717) is 22.3 Å². The molecule has 1 aliphatic heterocycles. The van der Waals surface area contributed by atoms with E-state index in [4.69, 9.17) is 32.7 Å². The van der Waals surface area contributed by atoms with Crippen LogP contribution in [0.4, 0.5) is 0 Å². The Morgan fingerprint density at radius 3 is 2.77 bits per heavy atom. The van der Waals surface area contributed by atoms with Gasteiger partial charge in [0.1, 0.15) is 11.9 Å². The predicted molar refractivity (Wildman–Crippen MR) is 84.6 cm³/mol. The number of β-amino-alcohol motifs (C(OH)–C–C–N with tert-alkyl or cyclic N) is 1. The zero-order chi connectivity index (χ0) is 16.3. The monoisotopic (exact) mass is 347 g/mol. The maximum Gasteiger partial charge on any atom is 0.260 e. The van der Waals surface area contributed by atoms with Gasteiger partial charge in [0.2, 0.25) is 0 Å². The average molecular weight is 348 g/mol. The maximum absolute atomic E-state index is 12.1. The molecule has 1 amide bonds. The summed E-state index contributed by atoms with van der Waals surface area (Å²) < 4.78 is 11.0. The largest absolute Gasteiger partial charge is 0.482 e. The van der Waals surface area contributed by atoms with Crippen molar-refractivity contribution >= 4 is 29.1 Å². The summed E-state index contributed by atoms with van der Waals surface area (Å²) in [7, 11) is 0. The number of aliphatic hydroxyl groups excluding tert-OH is 1. The second-order valence-corrected chi connectivity index (χ2v) is 6.30. The summed E-state index contributed by atoms with van der Waals surface area (Å²) in [5.74, 6) is 0.175. The molecule has 0 radical (unpaired) electrons. The molecule has 2 rings (SSSR count). The van der Waals surface area contributed by atoms with E-state index >= 15 is 0 Å². The van der Waals surface area contributed by atoms with Crippen molar-refractivity contribution in [3.05, 3.63) is 28.2 Å². The van der Waals surface area contributed by atoms with Crippen LogP contribution in [0.2, 0.25) is 10.0 Å². The van der Waals surface area contributed by atoms with Crippen LogP contribution in [-0.2, 0) is 9.53 Å². The standard InChI is InChI=1S/C15H19Cl2NO4/c1-9(2)22-14-7-18(6-12(14)19)15(20)8-21-13-4-3-10(16)5-11(13)17/h3-5,9,12,14,19H,6-8H2,1-2H3/t12-,14-/m0/s1. The lowest BCUT2D eigenvalue weighted by molar-refractivity contribution is -0.133. The molecule has 0 aliphatic carbocycles. The first-order valence-electron chi connectivity index (χ1n) is 7.06. The maximum atomic E-state index is 12.1. The lowest BCUT2D eigenvalue weighted by Crippen LogP contribution is -2.34. The van der Waals surface area contributed by atoms with Crippen LogP contribution in [-0.4, -0.2) is 53.9 Å². The summed E-state index contributed by atoms with van der Waals surface area (Å²) in [6, 6.07) is 4.80. The van der Waals surface area contributed by atoms with Gasteiger partial charge >= 0.3 is 0 Å². The van der Waals surface area contributed by atoms with Crippen molar-refractivity contribution in [2.24, 2.45) is 0 Å². The molecule has 0 aromatic heterocycles. The number of halogens is 2. The Kier molecular flexibility index (Phi) is 5.92. The van der Waals surface area contributed by atoms with E-state index in [9.17, 15) is 9.90 Å². The van der Waals surface area contributed by atoms with Gasteiger partial charge in [-0.15, -0.1) is 0 Å². The third-order valence-corrected chi connectivity index (χ3v) is 3.81. The fourth-order valence-electron chi connectivity index (χ4n) is 2.27. The minimum absolute atomic E-state index is 0.00109. The van der Waals surface area contributed by atoms with Gasteiger partial charge in [-0.1, -0.05) is 23.2 Å². The Hall–Kier alpha value is -1.01. The van der Waals surface area contributed by atoms with Crippen LogP contribution in [0.25, 0.3) is 0 Å². The molecule has 0 saturated carbocycles. The molecule has 7 heteroatoms. The fraction of sp³-hybridized carbons (Fsp3) is 0.533. The molecule has 1 aliphatic rings. The molecular formula is C15H19Cl2NO4. The molecule has 1 N–H and O–H groups in total. The lowest BCUT2D eigenvalue weighted by atomic mass is 10.2. The number of carbonyl (C=O) groups is 1. The van der Waals surface area contributed by atoms with Crippen LogP contribution in [0.1, 0.15) is 13.8 Å². The van der Waals surface area contributed by atoms with Crippen molar-refractivity contribution in [3.8, 4) is 5.75 Å². The van der Waals surface area contributed by atoms with Crippen LogP contribution in [0.15, 0.2) is 18.2 Å². The van der Waals surface area contributed by atoms with Crippen LogP contribution in [0.5, 0.6) is 5.75 Å². The number of benzene rings is 1. The second kappa shape index (κ2) is 7.51. The van der Waals surface area contributed by atoms with Crippen LogP contribution < -0.4 is 4.74 Å². The van der Waals surface area contributed by atoms with Gasteiger partial charge < -0.3 is 19.5 Å². The van der Waals surface area contributed by atoms with Gasteiger partial charge in [0.25, 0.3) is 5.91 Å². The molecule has 1 heterocycles. The highest BCUT2D eigenvalue weighted by Gasteiger charge is 2.35. The Morgan fingerprint density at radius 1 is 1.41 bits per heavy atom. The number of aliphatic hydroxyl groups is 1. The normalized spacial score (nSPS) is 21.5. The summed E-state index contributed by atoms with van der Waals surface area (Å²) in [5.41, 5.74) is 0. The highest BCUT2D eigenvalue weighted by molar-refractivity contribution is 6.35. The van der Waals surface area contributed by atoms with E-state index in [1.54, 1.807) is 18.2 Å². The van der Waals surface area contributed by atoms with E-state index in [2.05, 4.69) is 0 Å². The van der Waals surface area contributed by atoms with E-state index in [-0.39, 0.29) is 31.3 Å². The minimum Gasteiger partial charge on any atom is -0.482 e. The van der Waals surface area contributed by atoms with Crippen molar-refractivity contribution in [2.75, 3.05) is 19.7 Å². The van der Waals surface area contributed by atoms with E-state index in [1.165, 1.54) is 4.90 Å². The molecule has 1 saturated heterocycles. The van der Waals surface area contributed by atoms with E-state index in [0.717, 1.165) is 0 Å². The van der Waals surface area contributed by atoms with Crippen molar-refractivity contribution in [1.82, 2.24) is 4.90 Å². The van der Waals surface area contributed by atoms with E-state index in [1.807, 2.05) is 13.8 Å². The summed E-state index contributed by atoms with van der Waals surface area (Å²) in [5, 5.41) is 10.8. The summed E-state index contributed by atoms with van der Waals surface area (Å²) >= 11 is 11.8. The topological polar surface area (TPSA) is 59.0 Å². The number of hydrogen-bond acceptors (Lipinski definition) is 4. The van der Waals surface area contributed by atoms with Gasteiger partial charge in [-0.3, -0.25) is 4.79 Å². The van der Waals surface area contributed by atoms with Gasteiger partial charge in [0, 0.05) is 18.1 Å². The molecule has 1 fully saturated rings. The molecule has 5 nitrogen and oxygen atoms in total. The zero-order valence-electron chi connectivity index (χ0n) is 12.5. The molecule has 0 bridgehead atoms. The minimum atomic E-state index is -0.675. The number of hydrogen-bond donors (Lipinski definition) is 1. The van der Waals surface area contributed by atoms with Crippen molar-refractivity contribution in [1.29, 1.82) is 0 Å². The lowest BCUT2D eigenvalue weighted by Gasteiger charge is -2.18. The zero-order valence-corrected chi connectivity index (χ0v) is 14.0. The van der Waals surface area contributed by atoms with Crippen LogP contribution in [0, 0.1) is 0 Å². The number of carbonyl (C=O) groups excluding carboxylic acids is 1. The number of likely N-dealkylation sites (tertiary alicyclic amines) is 1. The number of amides is 1. The highest BCUT2D eigenvalue weighted by Crippen LogP contribution is 2.27. The first-order valence-corrected chi connectivity index (χ1v) is 7.81. The number of nitrogens with zero attached hydrogens (tertiary/aromatic N) is 1. The summed E-state index contributed by atoms with van der Waals surface area (Å²) in [6.45, 7) is 4.23. The Morgan fingerprint density at radius 2 is 2.14 bits per heavy atom. The average Bonchev–Trinajstić information content (AvgIpc) is 2.78. The first-order chi connectivity index (χ1) is 10.4. The third kappa shape index (κ3) is 4.49. The summed E-state index contributed by atoms with van der Waals surface area (Å²) in [4.78, 5) is 13.7. The highest BCUT2D eigenvalue weighted by atomic mass is 35.5. The Labute approximate surface area is 139 Å². The second-order valence-electron chi connectivity index (χ2n) is 5.45. The molecule has 2 atom stereocenters. The van der Waals surface area contributed by atoms with Crippen molar-refractivity contribution in [2.45, 2.75) is 32.2 Å². The third-order valence-electron chi connectivity index (χ3n) is 3.28. The quantitative estimate of drug-likeness (QED) is 0.888. The molecular weight excluding hydrogens is 329 g/mol. The first kappa shape index (κ1) is 17.3. The molecule has 0 spiro atoms. The number of rotatable bonds is 5. The van der Waals surface area contributed by atoms with Gasteiger partial charge in [-0.05, 0) is 32.0 Å². The van der Waals surface area contributed by atoms with Gasteiger partial charge in [-0.2, -0.15) is 0 Å². The van der Waals surface area contributed by atoms with Gasteiger partial charge in [0.15, 0.2) is 6.61 Å². The van der Waals surface area contributed by atoms with Gasteiger partial charge in [0.05, 0.1) is 17.2 Å². The van der Waals surface area contributed by atoms with Gasteiger partial charge in [-0.25, -0.2) is 0 Å².